The number of hydrogen-bond acceptors (Lipinski definition) is 4. The number of hydrogen-bond donors (Lipinski definition) is 0. The molecular weight excluding hydrogens is 332 g/mol. The summed E-state index contributed by atoms with van der Waals surface area (Å²) in [6.45, 7) is 6.14. The summed E-state index contributed by atoms with van der Waals surface area (Å²) < 4.78 is 6.17. The highest BCUT2D eigenvalue weighted by molar-refractivity contribution is 7.16. The van der Waals surface area contributed by atoms with Crippen LogP contribution in [0.3, 0.4) is 0 Å². The first-order valence-corrected chi connectivity index (χ1v) is 9.72. The molecule has 2 fully saturated rings. The van der Waals surface area contributed by atoms with Crippen molar-refractivity contribution in [3.8, 4) is 0 Å². The first-order chi connectivity index (χ1) is 11.2. The molecule has 1 aromatic rings. The van der Waals surface area contributed by atoms with E-state index in [0.717, 1.165) is 43.5 Å². The number of carbonyl (C=O) groups is 1. The zero-order valence-electron chi connectivity index (χ0n) is 13.5. The maximum atomic E-state index is 12.3. The number of piperidine rings is 1. The minimum absolute atomic E-state index is 0.301. The van der Waals surface area contributed by atoms with Crippen LogP contribution in [-0.2, 0) is 16.1 Å². The van der Waals surface area contributed by atoms with Gasteiger partial charge in [-0.3, -0.25) is 9.69 Å². The number of likely N-dealkylation sites (tertiary alicyclic amines) is 1. The van der Waals surface area contributed by atoms with Crippen LogP contribution >= 0.6 is 22.9 Å². The van der Waals surface area contributed by atoms with Crippen LogP contribution in [0.4, 0.5) is 0 Å². The molecule has 23 heavy (non-hydrogen) atoms. The van der Waals surface area contributed by atoms with Gasteiger partial charge >= 0.3 is 0 Å². The summed E-state index contributed by atoms with van der Waals surface area (Å²) in [4.78, 5) is 18.1. The van der Waals surface area contributed by atoms with Gasteiger partial charge in [0.2, 0.25) is 5.91 Å². The van der Waals surface area contributed by atoms with Crippen molar-refractivity contribution in [2.24, 2.45) is 5.92 Å². The molecule has 1 aromatic heterocycles. The van der Waals surface area contributed by atoms with Crippen LogP contribution in [0, 0.1) is 5.92 Å². The van der Waals surface area contributed by atoms with E-state index < -0.39 is 0 Å². The third-order valence-electron chi connectivity index (χ3n) is 4.74. The van der Waals surface area contributed by atoms with Gasteiger partial charge in [0.1, 0.15) is 0 Å². The van der Waals surface area contributed by atoms with Crippen LogP contribution in [0.1, 0.15) is 30.6 Å². The van der Waals surface area contributed by atoms with E-state index in [2.05, 4.69) is 11.0 Å². The van der Waals surface area contributed by atoms with Gasteiger partial charge in [0, 0.05) is 37.5 Å². The maximum Gasteiger partial charge on any atom is 0.222 e. The fourth-order valence-electron chi connectivity index (χ4n) is 3.49. The lowest BCUT2D eigenvalue weighted by molar-refractivity contribution is -0.135. The standard InChI is InChI=1S/C17H25ClN2O2S/c18-16-5-4-15(23-16)13-19-7-1-2-14(12-19)3-6-17(21)20-8-10-22-11-9-20/h4-5,14H,1-3,6-13H2/t14-/m0/s1. The van der Waals surface area contributed by atoms with Gasteiger partial charge < -0.3 is 9.64 Å². The fourth-order valence-corrected chi connectivity index (χ4v) is 4.62. The minimum atomic E-state index is 0.301. The van der Waals surface area contributed by atoms with Gasteiger partial charge in [0.05, 0.1) is 17.6 Å². The average Bonchev–Trinajstić information content (AvgIpc) is 2.99. The second-order valence-corrected chi connectivity index (χ2v) is 8.28. The lowest BCUT2D eigenvalue weighted by Crippen LogP contribution is -2.41. The Labute approximate surface area is 147 Å². The fraction of sp³-hybridized carbons (Fsp3) is 0.706. The van der Waals surface area contributed by atoms with Crippen LogP contribution in [-0.4, -0.2) is 55.1 Å². The number of rotatable bonds is 5. The van der Waals surface area contributed by atoms with Gasteiger partial charge in [0.25, 0.3) is 0 Å². The second-order valence-electron chi connectivity index (χ2n) is 6.48. The van der Waals surface area contributed by atoms with Crippen molar-refractivity contribution < 1.29 is 9.53 Å². The van der Waals surface area contributed by atoms with E-state index in [1.807, 2.05) is 11.0 Å². The number of thiophene rings is 1. The van der Waals surface area contributed by atoms with Gasteiger partial charge in [-0.05, 0) is 43.9 Å². The lowest BCUT2D eigenvalue weighted by Gasteiger charge is -2.33. The van der Waals surface area contributed by atoms with Crippen molar-refractivity contribution in [1.29, 1.82) is 0 Å². The van der Waals surface area contributed by atoms with E-state index in [1.165, 1.54) is 17.7 Å². The van der Waals surface area contributed by atoms with E-state index in [1.54, 1.807) is 11.3 Å². The Balaban J connectivity index is 1.42. The Morgan fingerprint density at radius 3 is 2.87 bits per heavy atom. The van der Waals surface area contributed by atoms with Gasteiger partial charge in [0.15, 0.2) is 0 Å². The molecule has 0 radical (unpaired) electrons. The highest BCUT2D eigenvalue weighted by Crippen LogP contribution is 2.26. The lowest BCUT2D eigenvalue weighted by atomic mass is 9.93. The Morgan fingerprint density at radius 2 is 2.13 bits per heavy atom. The Kier molecular flexibility index (Phi) is 6.34. The molecule has 1 atom stereocenters. The number of ether oxygens (including phenoxy) is 1. The maximum absolute atomic E-state index is 12.3. The molecule has 0 saturated carbocycles. The first kappa shape index (κ1) is 17.2. The van der Waals surface area contributed by atoms with Crippen LogP contribution < -0.4 is 0 Å². The van der Waals surface area contributed by atoms with Crippen molar-refractivity contribution >= 4 is 28.8 Å². The topological polar surface area (TPSA) is 32.8 Å². The first-order valence-electron chi connectivity index (χ1n) is 8.53. The van der Waals surface area contributed by atoms with Crippen LogP contribution in [0.15, 0.2) is 12.1 Å². The highest BCUT2D eigenvalue weighted by atomic mass is 35.5. The third kappa shape index (κ3) is 5.18. The van der Waals surface area contributed by atoms with Gasteiger partial charge in [-0.25, -0.2) is 0 Å². The zero-order chi connectivity index (χ0) is 16.1. The Morgan fingerprint density at radius 1 is 1.30 bits per heavy atom. The van der Waals surface area contributed by atoms with Crippen molar-refractivity contribution in [2.75, 3.05) is 39.4 Å². The molecule has 6 heteroatoms. The number of halogens is 1. The zero-order valence-corrected chi connectivity index (χ0v) is 15.1. The highest BCUT2D eigenvalue weighted by Gasteiger charge is 2.23. The predicted octanol–water partition coefficient (Wildman–Crippen LogP) is 3.25. The van der Waals surface area contributed by atoms with Crippen molar-refractivity contribution in [1.82, 2.24) is 9.80 Å². The number of nitrogens with zero attached hydrogens (tertiary/aromatic N) is 2. The monoisotopic (exact) mass is 356 g/mol. The second kappa shape index (κ2) is 8.47. The molecule has 0 aliphatic carbocycles. The molecule has 128 valence electrons. The molecule has 3 rings (SSSR count). The van der Waals surface area contributed by atoms with Gasteiger partial charge in [-0.2, -0.15) is 0 Å². The average molecular weight is 357 g/mol. The quantitative estimate of drug-likeness (QED) is 0.811. The SMILES string of the molecule is O=C(CC[C@@H]1CCCN(Cc2ccc(Cl)s2)C1)N1CCOCC1. The molecule has 2 aliphatic rings. The molecule has 2 aliphatic heterocycles. The summed E-state index contributed by atoms with van der Waals surface area (Å²) in [5.41, 5.74) is 0. The summed E-state index contributed by atoms with van der Waals surface area (Å²) in [6, 6.07) is 4.10. The number of morpholine rings is 1. The molecule has 0 aromatic carbocycles. The van der Waals surface area contributed by atoms with Gasteiger partial charge in [-0.1, -0.05) is 11.6 Å². The molecule has 0 bridgehead atoms. The van der Waals surface area contributed by atoms with Crippen molar-refractivity contribution in [3.05, 3.63) is 21.3 Å². The Hall–Kier alpha value is -0.620. The van der Waals surface area contributed by atoms with E-state index in [0.29, 0.717) is 31.5 Å². The summed E-state index contributed by atoms with van der Waals surface area (Å²) >= 11 is 7.68. The van der Waals surface area contributed by atoms with Crippen LogP contribution in [0.2, 0.25) is 4.34 Å². The van der Waals surface area contributed by atoms with E-state index in [-0.39, 0.29) is 0 Å². The summed E-state index contributed by atoms with van der Waals surface area (Å²) in [7, 11) is 0. The predicted molar refractivity (Wildman–Crippen MR) is 94.0 cm³/mol. The minimum Gasteiger partial charge on any atom is -0.378 e. The molecule has 0 unspecified atom stereocenters. The third-order valence-corrected chi connectivity index (χ3v) is 5.96. The number of amides is 1. The molecule has 1 amide bonds. The molecule has 2 saturated heterocycles. The molecule has 4 nitrogen and oxygen atoms in total. The van der Waals surface area contributed by atoms with E-state index in [9.17, 15) is 4.79 Å². The van der Waals surface area contributed by atoms with E-state index >= 15 is 0 Å². The smallest absolute Gasteiger partial charge is 0.222 e. The molecule has 0 N–H and O–H groups in total. The summed E-state index contributed by atoms with van der Waals surface area (Å²) in [5.74, 6) is 0.944. The summed E-state index contributed by atoms with van der Waals surface area (Å²) in [6.07, 6.45) is 4.18. The molecule has 0 spiro atoms. The molecular formula is C17H25ClN2O2S. The van der Waals surface area contributed by atoms with Crippen LogP contribution in [0.25, 0.3) is 0 Å². The van der Waals surface area contributed by atoms with Crippen LogP contribution in [0.5, 0.6) is 0 Å². The van der Waals surface area contributed by atoms with Crippen molar-refractivity contribution in [3.63, 3.8) is 0 Å². The van der Waals surface area contributed by atoms with Gasteiger partial charge in [-0.15, -0.1) is 11.3 Å². The van der Waals surface area contributed by atoms with E-state index in [4.69, 9.17) is 16.3 Å². The number of carbonyl (C=O) groups excluding carboxylic acids is 1. The largest absolute Gasteiger partial charge is 0.378 e. The molecule has 3 heterocycles. The normalized spacial score (nSPS) is 23.2. The van der Waals surface area contributed by atoms with Crippen molar-refractivity contribution in [2.45, 2.75) is 32.2 Å². The summed E-state index contributed by atoms with van der Waals surface area (Å²) in [5, 5.41) is 0. The Bertz CT molecular complexity index is 516.